The molecule has 0 unspecified atom stereocenters. The van der Waals surface area contributed by atoms with E-state index in [2.05, 4.69) is 30.6 Å². The minimum Gasteiger partial charge on any atom is -0.310 e. The zero-order chi connectivity index (χ0) is 7.84. The van der Waals surface area contributed by atoms with Gasteiger partial charge in [0, 0.05) is 23.4 Å². The molecule has 0 spiro atoms. The summed E-state index contributed by atoms with van der Waals surface area (Å²) in [6.45, 7) is 5.65. The van der Waals surface area contributed by atoms with Gasteiger partial charge in [0.05, 0.1) is 0 Å². The molecular formula is C9H13NS. The van der Waals surface area contributed by atoms with Gasteiger partial charge in [-0.2, -0.15) is 0 Å². The van der Waals surface area contributed by atoms with Gasteiger partial charge >= 0.3 is 0 Å². The molecule has 0 saturated carbocycles. The maximum absolute atomic E-state index is 3.48. The Kier molecular flexibility index (Phi) is 1.74. The number of nitrogens with one attached hydrogen (secondary N) is 1. The van der Waals surface area contributed by atoms with Crippen LogP contribution in [0.1, 0.15) is 36.2 Å². The second-order valence-corrected chi connectivity index (χ2v) is 4.22. The second kappa shape index (κ2) is 2.61. The molecule has 0 aliphatic carbocycles. The van der Waals surface area contributed by atoms with E-state index in [1.54, 1.807) is 4.88 Å². The summed E-state index contributed by atoms with van der Waals surface area (Å²) in [6, 6.07) is 2.81. The van der Waals surface area contributed by atoms with Crippen molar-refractivity contribution in [3.8, 4) is 0 Å². The second-order valence-electron chi connectivity index (χ2n) is 3.27. The Bertz CT molecular complexity index is 229. The number of hydrogen-bond acceptors (Lipinski definition) is 2. The van der Waals surface area contributed by atoms with E-state index < -0.39 is 0 Å². The number of hydrogen-bond donors (Lipinski definition) is 1. The lowest BCUT2D eigenvalue weighted by Gasteiger charge is -2.25. The van der Waals surface area contributed by atoms with E-state index in [1.807, 2.05) is 11.3 Å². The third-order valence-corrected chi connectivity index (χ3v) is 3.54. The van der Waals surface area contributed by atoms with Crippen LogP contribution in [0.15, 0.2) is 11.4 Å². The van der Waals surface area contributed by atoms with Crippen molar-refractivity contribution >= 4 is 11.3 Å². The zero-order valence-electron chi connectivity index (χ0n) is 6.92. The lowest BCUT2D eigenvalue weighted by Crippen LogP contribution is -2.28. The molecule has 2 heteroatoms. The van der Waals surface area contributed by atoms with Gasteiger partial charge in [-0.05, 0) is 23.9 Å². The fourth-order valence-corrected chi connectivity index (χ4v) is 2.70. The molecule has 2 heterocycles. The van der Waals surface area contributed by atoms with E-state index in [-0.39, 0.29) is 0 Å². The first-order valence-electron chi connectivity index (χ1n) is 4.09. The first kappa shape index (κ1) is 7.32. The summed E-state index contributed by atoms with van der Waals surface area (Å²) in [5.41, 5.74) is 1.51. The van der Waals surface area contributed by atoms with Crippen LogP contribution in [0.5, 0.6) is 0 Å². The van der Waals surface area contributed by atoms with E-state index in [4.69, 9.17) is 0 Å². The molecule has 60 valence electrons. The first-order chi connectivity index (χ1) is 5.29. The number of fused-ring (bicyclic) bond motifs is 1. The molecule has 0 bridgehead atoms. The smallest absolute Gasteiger partial charge is 0.0303 e. The molecule has 11 heavy (non-hydrogen) atoms. The van der Waals surface area contributed by atoms with Crippen LogP contribution in [-0.4, -0.2) is 6.54 Å². The Hall–Kier alpha value is -0.340. The van der Waals surface area contributed by atoms with Gasteiger partial charge < -0.3 is 5.32 Å². The molecule has 1 aliphatic rings. The van der Waals surface area contributed by atoms with Gasteiger partial charge in [-0.25, -0.2) is 0 Å². The standard InChI is InChI=1S/C9H13NS/c1-6-5-10-7(2)8-3-4-11-9(6)8/h3-4,6-7,10H,5H2,1-2H3/t6-,7+/m0/s1. The summed E-state index contributed by atoms with van der Waals surface area (Å²) in [5.74, 6) is 0.709. The van der Waals surface area contributed by atoms with E-state index in [0.717, 1.165) is 6.54 Å². The van der Waals surface area contributed by atoms with Crippen LogP contribution in [-0.2, 0) is 0 Å². The number of rotatable bonds is 0. The summed E-state index contributed by atoms with van der Waals surface area (Å²) in [5, 5.41) is 5.68. The van der Waals surface area contributed by atoms with E-state index in [1.165, 1.54) is 5.56 Å². The first-order valence-corrected chi connectivity index (χ1v) is 4.97. The molecule has 2 rings (SSSR count). The van der Waals surface area contributed by atoms with E-state index >= 15 is 0 Å². The maximum Gasteiger partial charge on any atom is 0.0303 e. The minimum absolute atomic E-state index is 0.562. The highest BCUT2D eigenvalue weighted by Crippen LogP contribution is 2.33. The van der Waals surface area contributed by atoms with Gasteiger partial charge in [0.1, 0.15) is 0 Å². The Morgan fingerprint density at radius 2 is 2.36 bits per heavy atom. The van der Waals surface area contributed by atoms with Crippen LogP contribution in [0.3, 0.4) is 0 Å². The monoisotopic (exact) mass is 167 g/mol. The lowest BCUT2D eigenvalue weighted by atomic mass is 9.97. The fourth-order valence-electron chi connectivity index (χ4n) is 1.65. The van der Waals surface area contributed by atoms with E-state index in [0.29, 0.717) is 12.0 Å². The molecule has 0 amide bonds. The summed E-state index contributed by atoms with van der Waals surface area (Å²) in [7, 11) is 0. The van der Waals surface area contributed by atoms with E-state index in [9.17, 15) is 0 Å². The highest BCUT2D eigenvalue weighted by molar-refractivity contribution is 7.10. The maximum atomic E-state index is 3.48. The SMILES string of the molecule is C[C@H]1CN[C@H](C)c2ccsc21. The van der Waals surface area contributed by atoms with Crippen LogP contribution in [0.4, 0.5) is 0 Å². The van der Waals surface area contributed by atoms with Crippen LogP contribution in [0.2, 0.25) is 0 Å². The van der Waals surface area contributed by atoms with Gasteiger partial charge in [0.25, 0.3) is 0 Å². The van der Waals surface area contributed by atoms with Crippen molar-refractivity contribution < 1.29 is 0 Å². The quantitative estimate of drug-likeness (QED) is 0.626. The molecule has 1 aliphatic heterocycles. The average molecular weight is 167 g/mol. The molecule has 2 atom stereocenters. The van der Waals surface area contributed by atoms with Crippen molar-refractivity contribution in [1.29, 1.82) is 0 Å². The molecule has 0 aromatic carbocycles. The predicted molar refractivity (Wildman–Crippen MR) is 49.2 cm³/mol. The predicted octanol–water partition coefficient (Wildman–Crippen LogP) is 2.52. The summed E-state index contributed by atoms with van der Waals surface area (Å²) in [6.07, 6.45) is 0. The summed E-state index contributed by atoms with van der Waals surface area (Å²) >= 11 is 1.90. The van der Waals surface area contributed by atoms with Gasteiger partial charge in [0.15, 0.2) is 0 Å². The van der Waals surface area contributed by atoms with Gasteiger partial charge in [-0.15, -0.1) is 11.3 Å². The van der Waals surface area contributed by atoms with Crippen molar-refractivity contribution in [3.05, 3.63) is 21.9 Å². The Morgan fingerprint density at radius 3 is 3.09 bits per heavy atom. The van der Waals surface area contributed by atoms with Crippen molar-refractivity contribution in [2.24, 2.45) is 0 Å². The van der Waals surface area contributed by atoms with Crippen LogP contribution in [0, 0.1) is 0 Å². The molecular weight excluding hydrogens is 154 g/mol. The molecule has 1 N–H and O–H groups in total. The fraction of sp³-hybridized carbons (Fsp3) is 0.556. The van der Waals surface area contributed by atoms with Crippen molar-refractivity contribution in [2.45, 2.75) is 25.8 Å². The van der Waals surface area contributed by atoms with Gasteiger partial charge in [0.2, 0.25) is 0 Å². The topological polar surface area (TPSA) is 12.0 Å². The minimum atomic E-state index is 0.562. The zero-order valence-corrected chi connectivity index (χ0v) is 7.74. The molecule has 1 aromatic rings. The highest BCUT2D eigenvalue weighted by Gasteiger charge is 2.21. The van der Waals surface area contributed by atoms with Crippen LogP contribution < -0.4 is 5.32 Å². The average Bonchev–Trinajstić information content (AvgIpc) is 2.45. The Balaban J connectivity index is 2.43. The summed E-state index contributed by atoms with van der Waals surface area (Å²) < 4.78 is 0. The molecule has 1 aromatic heterocycles. The molecule has 0 saturated heterocycles. The third kappa shape index (κ3) is 1.10. The van der Waals surface area contributed by atoms with Crippen molar-refractivity contribution in [2.75, 3.05) is 6.54 Å². The van der Waals surface area contributed by atoms with Crippen molar-refractivity contribution in [1.82, 2.24) is 5.32 Å². The molecule has 1 nitrogen and oxygen atoms in total. The summed E-state index contributed by atoms with van der Waals surface area (Å²) in [4.78, 5) is 1.58. The molecule has 0 radical (unpaired) electrons. The van der Waals surface area contributed by atoms with Crippen LogP contribution in [0.25, 0.3) is 0 Å². The van der Waals surface area contributed by atoms with Crippen LogP contribution >= 0.6 is 11.3 Å². The normalized spacial score (nSPS) is 30.0. The van der Waals surface area contributed by atoms with Crippen molar-refractivity contribution in [3.63, 3.8) is 0 Å². The third-order valence-electron chi connectivity index (χ3n) is 2.37. The largest absolute Gasteiger partial charge is 0.310 e. The highest BCUT2D eigenvalue weighted by atomic mass is 32.1. The Labute approximate surface area is 71.4 Å². The van der Waals surface area contributed by atoms with Gasteiger partial charge in [-0.1, -0.05) is 6.92 Å². The Morgan fingerprint density at radius 1 is 1.55 bits per heavy atom. The lowest BCUT2D eigenvalue weighted by molar-refractivity contribution is 0.502. The molecule has 0 fully saturated rings. The number of thiophene rings is 1. The van der Waals surface area contributed by atoms with Gasteiger partial charge in [-0.3, -0.25) is 0 Å².